The Morgan fingerprint density at radius 1 is 1.23 bits per heavy atom. The molecule has 6 rings (SSSR count). The van der Waals surface area contributed by atoms with Crippen molar-refractivity contribution in [3.05, 3.63) is 23.8 Å². The molecule has 4 saturated carbocycles. The Morgan fingerprint density at radius 2 is 2.00 bits per heavy atom. The molecule has 7 heteroatoms. The molecule has 39 heavy (non-hydrogen) atoms. The summed E-state index contributed by atoms with van der Waals surface area (Å²) in [6, 6.07) is 0. The van der Waals surface area contributed by atoms with Crippen LogP contribution in [-0.4, -0.2) is 53.3 Å². The van der Waals surface area contributed by atoms with Crippen molar-refractivity contribution in [1.29, 1.82) is 0 Å². The molecule has 0 aromatic heterocycles. The highest BCUT2D eigenvalue weighted by atomic mass is 16.7. The second-order valence-electron chi connectivity index (χ2n) is 13.1. The molecule has 1 saturated heterocycles. The predicted molar refractivity (Wildman–Crippen MR) is 143 cm³/mol. The molecule has 0 unspecified atom stereocenters. The van der Waals surface area contributed by atoms with Crippen molar-refractivity contribution in [3.63, 3.8) is 0 Å². The number of Topliss-reactive ketones (excluding diaryl/α,β-unsaturated/α-hetero) is 1. The molecule has 6 aliphatic rings. The molecule has 9 atom stereocenters. The highest BCUT2D eigenvalue weighted by Crippen LogP contribution is 2.70. The van der Waals surface area contributed by atoms with Crippen molar-refractivity contribution < 1.29 is 43.3 Å². The average molecular weight is 548 g/mol. The lowest BCUT2D eigenvalue weighted by molar-refractivity contribution is -0.210. The monoisotopic (exact) mass is 547 g/mol. The number of fused-ring (bicyclic) bond motifs is 7. The van der Waals surface area contributed by atoms with E-state index >= 15 is 0 Å². The SMILES string of the molecule is [2H]C([2H])([2H])C([2H])(C(=O)OCC(=O)[C@@]12O[C@H](C3CCCCC3)O[C@H]1C[C@H]1[C@@H]3CCC4=CC(=O)C=C[C@]4(C)[C@H]3[C@@H](O)C[C@@]12C)C([2H])([2H])[2H]. The van der Waals surface area contributed by atoms with Crippen LogP contribution in [0.5, 0.6) is 0 Å². The molecule has 0 spiro atoms. The van der Waals surface area contributed by atoms with E-state index in [1.165, 1.54) is 0 Å². The molecule has 7 nitrogen and oxygen atoms in total. The first-order valence-corrected chi connectivity index (χ1v) is 14.5. The molecule has 0 radical (unpaired) electrons. The molecule has 0 aromatic rings. The fraction of sp³-hybridized carbons (Fsp3) is 0.781. The van der Waals surface area contributed by atoms with Gasteiger partial charge in [0.1, 0.15) is 0 Å². The summed E-state index contributed by atoms with van der Waals surface area (Å²) in [5, 5.41) is 11.9. The molecule has 1 heterocycles. The van der Waals surface area contributed by atoms with Gasteiger partial charge in [0.25, 0.3) is 0 Å². The second-order valence-corrected chi connectivity index (χ2v) is 13.1. The van der Waals surface area contributed by atoms with Crippen LogP contribution >= 0.6 is 0 Å². The molecule has 1 N–H and O–H groups in total. The normalized spacial score (nSPS) is 48.8. The highest BCUT2D eigenvalue weighted by molar-refractivity contribution is 6.01. The third-order valence-corrected chi connectivity index (χ3v) is 11.2. The molecule has 0 bridgehead atoms. The van der Waals surface area contributed by atoms with Crippen molar-refractivity contribution >= 4 is 17.5 Å². The summed E-state index contributed by atoms with van der Waals surface area (Å²) in [4.78, 5) is 39.8. The van der Waals surface area contributed by atoms with Gasteiger partial charge >= 0.3 is 5.97 Å². The maximum Gasteiger partial charge on any atom is 0.308 e. The number of aliphatic hydroxyl groups excluding tert-OH is 1. The van der Waals surface area contributed by atoms with E-state index in [0.717, 1.165) is 37.7 Å². The van der Waals surface area contributed by atoms with Crippen molar-refractivity contribution in [2.24, 2.45) is 40.4 Å². The fourth-order valence-electron chi connectivity index (χ4n) is 9.52. The Morgan fingerprint density at radius 3 is 2.74 bits per heavy atom. The number of hydrogen-bond acceptors (Lipinski definition) is 7. The number of ketones is 2. The van der Waals surface area contributed by atoms with Gasteiger partial charge in [0.05, 0.1) is 18.1 Å². The molecule has 1 aliphatic heterocycles. The van der Waals surface area contributed by atoms with Crippen LogP contribution in [0.2, 0.25) is 0 Å². The first-order valence-electron chi connectivity index (χ1n) is 18.0. The number of rotatable bonds is 5. The first-order chi connectivity index (χ1) is 21.3. The zero-order chi connectivity index (χ0) is 33.7. The Bertz CT molecular complexity index is 1340. The number of allylic oxidation sites excluding steroid dienone is 4. The van der Waals surface area contributed by atoms with Gasteiger partial charge < -0.3 is 19.3 Å². The molecule has 5 fully saturated rings. The van der Waals surface area contributed by atoms with Crippen molar-refractivity contribution in [2.75, 3.05) is 6.61 Å². The van der Waals surface area contributed by atoms with Gasteiger partial charge in [-0.3, -0.25) is 14.4 Å². The molecule has 0 aromatic carbocycles. The van der Waals surface area contributed by atoms with Crippen molar-refractivity contribution in [1.82, 2.24) is 0 Å². The summed E-state index contributed by atoms with van der Waals surface area (Å²) in [5.41, 5.74) is -2.15. The van der Waals surface area contributed by atoms with Crippen LogP contribution in [0.15, 0.2) is 23.8 Å². The standard InChI is InChI=1S/C32H44O7/c1-18(2)28(36)37-17-25(35)32-26(38-29(39-32)19-8-6-5-7-9-19)15-23-22-11-10-20-14-21(33)12-13-30(20,3)27(22)24(34)16-31(23,32)4/h12-14,18-19,22-24,26-27,29,34H,5-11,15-17H2,1-4H3/t22-,23-,24-,26-,27+,29+,30-,31-,32+/m0/s1/i1D3,2D3,18D. The summed E-state index contributed by atoms with van der Waals surface area (Å²) in [7, 11) is 0. The quantitative estimate of drug-likeness (QED) is 0.498. The number of carbonyl (C=O) groups excluding carboxylic acids is 3. The van der Waals surface area contributed by atoms with Gasteiger partial charge in [-0.25, -0.2) is 0 Å². The van der Waals surface area contributed by atoms with E-state index in [1.807, 2.05) is 13.0 Å². The van der Waals surface area contributed by atoms with Crippen LogP contribution in [0.3, 0.4) is 0 Å². The number of aliphatic hydroxyl groups is 1. The summed E-state index contributed by atoms with van der Waals surface area (Å²) >= 11 is 0. The Labute approximate surface area is 241 Å². The van der Waals surface area contributed by atoms with Gasteiger partial charge in [-0.15, -0.1) is 0 Å². The lowest BCUT2D eigenvalue weighted by Crippen LogP contribution is -2.63. The largest absolute Gasteiger partial charge is 0.457 e. The maximum atomic E-state index is 14.5. The minimum Gasteiger partial charge on any atom is -0.457 e. The van der Waals surface area contributed by atoms with Crippen LogP contribution in [-0.2, 0) is 28.6 Å². The first kappa shape index (κ1) is 20.1. The van der Waals surface area contributed by atoms with E-state index in [1.54, 1.807) is 12.2 Å². The number of carbonyl (C=O) groups is 3. The van der Waals surface area contributed by atoms with Gasteiger partial charge in [0.15, 0.2) is 24.3 Å². The van der Waals surface area contributed by atoms with Crippen LogP contribution in [0, 0.1) is 40.4 Å². The van der Waals surface area contributed by atoms with Crippen molar-refractivity contribution in [2.45, 2.75) is 109 Å². The minimum atomic E-state index is -3.59. The van der Waals surface area contributed by atoms with E-state index in [0.29, 0.717) is 19.3 Å². The van der Waals surface area contributed by atoms with E-state index in [-0.39, 0.29) is 35.9 Å². The lowest BCUT2D eigenvalue weighted by atomic mass is 9.46. The second kappa shape index (κ2) is 9.63. The molecular formula is C32H44O7. The summed E-state index contributed by atoms with van der Waals surface area (Å²) < 4.78 is 72.5. The van der Waals surface area contributed by atoms with Crippen LogP contribution < -0.4 is 0 Å². The molecular weight excluding hydrogens is 496 g/mol. The van der Waals surface area contributed by atoms with Gasteiger partial charge in [0, 0.05) is 32.3 Å². The van der Waals surface area contributed by atoms with Gasteiger partial charge in [-0.05, 0) is 62.5 Å². The topological polar surface area (TPSA) is 99.1 Å². The summed E-state index contributed by atoms with van der Waals surface area (Å²) in [6.07, 6.45) is 9.65. The van der Waals surface area contributed by atoms with Crippen molar-refractivity contribution in [3.8, 4) is 0 Å². The number of esters is 1. The fourth-order valence-corrected chi connectivity index (χ4v) is 9.52. The van der Waals surface area contributed by atoms with E-state index in [4.69, 9.17) is 23.8 Å². The van der Waals surface area contributed by atoms with Crippen LogP contribution in [0.1, 0.15) is 94.9 Å². The maximum absolute atomic E-state index is 14.5. The highest BCUT2D eigenvalue weighted by Gasteiger charge is 2.76. The number of ether oxygens (including phenoxy) is 3. The Hall–Kier alpha value is -1.83. The van der Waals surface area contributed by atoms with E-state index in [2.05, 4.69) is 6.92 Å². The molecule has 214 valence electrons. The van der Waals surface area contributed by atoms with Crippen LogP contribution in [0.4, 0.5) is 0 Å². The van der Waals surface area contributed by atoms with Gasteiger partial charge in [-0.1, -0.05) is 58.5 Å². The molecule has 5 aliphatic carbocycles. The minimum absolute atomic E-state index is 0.0427. The van der Waals surface area contributed by atoms with Crippen LogP contribution in [0.25, 0.3) is 0 Å². The van der Waals surface area contributed by atoms with E-state index < -0.39 is 72.9 Å². The predicted octanol–water partition coefficient (Wildman–Crippen LogP) is 4.70. The Balaban J connectivity index is 1.34. The van der Waals surface area contributed by atoms with Gasteiger partial charge in [-0.2, -0.15) is 0 Å². The zero-order valence-electron chi connectivity index (χ0n) is 29.7. The third kappa shape index (κ3) is 3.97. The third-order valence-electron chi connectivity index (χ3n) is 11.2. The molecule has 0 amide bonds. The summed E-state index contributed by atoms with van der Waals surface area (Å²) in [6.45, 7) is -4.13. The Kier molecular flexibility index (Phi) is 4.97. The smallest absolute Gasteiger partial charge is 0.308 e. The number of hydrogen-bond donors (Lipinski definition) is 1. The zero-order valence-corrected chi connectivity index (χ0v) is 22.7. The van der Waals surface area contributed by atoms with Gasteiger partial charge in [0.2, 0.25) is 5.78 Å². The average Bonchev–Trinajstić information content (AvgIpc) is 3.48. The summed E-state index contributed by atoms with van der Waals surface area (Å²) in [5.74, 6) is -6.53. The lowest BCUT2D eigenvalue weighted by Gasteiger charge is -2.59. The van der Waals surface area contributed by atoms with E-state index in [9.17, 15) is 19.5 Å².